The van der Waals surface area contributed by atoms with Crippen LogP contribution in [0.3, 0.4) is 0 Å². The summed E-state index contributed by atoms with van der Waals surface area (Å²) in [4.78, 5) is 11.6. The molecule has 1 unspecified atom stereocenters. The van der Waals surface area contributed by atoms with E-state index in [0.29, 0.717) is 19.3 Å². The van der Waals surface area contributed by atoms with Gasteiger partial charge in [-0.3, -0.25) is 0 Å². The van der Waals surface area contributed by atoms with Crippen LogP contribution in [0.5, 0.6) is 0 Å². The van der Waals surface area contributed by atoms with Gasteiger partial charge >= 0.3 is 6.03 Å². The fourth-order valence-corrected chi connectivity index (χ4v) is 2.03. The summed E-state index contributed by atoms with van der Waals surface area (Å²) in [7, 11) is 0. The van der Waals surface area contributed by atoms with Gasteiger partial charge in [0.1, 0.15) is 0 Å². The molecule has 1 fully saturated rings. The Kier molecular flexibility index (Phi) is 6.23. The molecule has 0 spiro atoms. The van der Waals surface area contributed by atoms with Gasteiger partial charge < -0.3 is 15.4 Å². The number of hydrogen-bond acceptors (Lipinski definition) is 2. The van der Waals surface area contributed by atoms with Gasteiger partial charge in [-0.25, -0.2) is 4.79 Å². The summed E-state index contributed by atoms with van der Waals surface area (Å²) in [5.41, 5.74) is 0. The average Bonchev–Trinajstić information content (AvgIpc) is 2.27. The lowest BCUT2D eigenvalue weighted by atomic mass is 9.96. The average molecular weight is 228 g/mol. The Hall–Kier alpha value is -0.770. The predicted octanol–water partition coefficient (Wildman–Crippen LogP) is 2.04. The Morgan fingerprint density at radius 1 is 1.38 bits per heavy atom. The van der Waals surface area contributed by atoms with Crippen LogP contribution in [0.2, 0.25) is 0 Å². The lowest BCUT2D eigenvalue weighted by molar-refractivity contribution is 0.128. The summed E-state index contributed by atoms with van der Waals surface area (Å²) in [5, 5.41) is 5.91. The van der Waals surface area contributed by atoms with Crippen LogP contribution in [-0.4, -0.2) is 31.3 Å². The van der Waals surface area contributed by atoms with Gasteiger partial charge in [0.25, 0.3) is 0 Å². The zero-order valence-electron chi connectivity index (χ0n) is 10.4. The lowest BCUT2D eigenvalue weighted by Crippen LogP contribution is -2.47. The molecule has 0 saturated heterocycles. The first-order valence-electron chi connectivity index (χ1n) is 6.37. The van der Waals surface area contributed by atoms with Crippen molar-refractivity contribution in [2.45, 2.75) is 58.0 Å². The number of amides is 2. The summed E-state index contributed by atoms with van der Waals surface area (Å²) >= 11 is 0. The molecule has 0 radical (unpaired) electrons. The maximum atomic E-state index is 11.6. The SMILES string of the molecule is CCOCC(C)NC(=O)NC1CCCCC1. The van der Waals surface area contributed by atoms with Gasteiger partial charge in [-0.2, -0.15) is 0 Å². The van der Waals surface area contributed by atoms with Crippen LogP contribution in [0, 0.1) is 0 Å². The zero-order valence-corrected chi connectivity index (χ0v) is 10.4. The van der Waals surface area contributed by atoms with Crippen molar-refractivity contribution in [3.8, 4) is 0 Å². The van der Waals surface area contributed by atoms with Crippen LogP contribution in [0.25, 0.3) is 0 Å². The molecule has 0 heterocycles. The van der Waals surface area contributed by atoms with E-state index in [1.807, 2.05) is 13.8 Å². The van der Waals surface area contributed by atoms with E-state index in [1.54, 1.807) is 0 Å². The summed E-state index contributed by atoms with van der Waals surface area (Å²) in [5.74, 6) is 0. The molecule has 1 rings (SSSR count). The topological polar surface area (TPSA) is 50.4 Å². The largest absolute Gasteiger partial charge is 0.380 e. The third-order valence-corrected chi connectivity index (χ3v) is 2.89. The highest BCUT2D eigenvalue weighted by Crippen LogP contribution is 2.17. The Morgan fingerprint density at radius 2 is 2.06 bits per heavy atom. The first-order chi connectivity index (χ1) is 7.72. The smallest absolute Gasteiger partial charge is 0.315 e. The van der Waals surface area contributed by atoms with E-state index in [9.17, 15) is 4.79 Å². The van der Waals surface area contributed by atoms with E-state index in [-0.39, 0.29) is 12.1 Å². The molecule has 4 nitrogen and oxygen atoms in total. The Labute approximate surface area is 98.1 Å². The minimum absolute atomic E-state index is 0.0564. The maximum Gasteiger partial charge on any atom is 0.315 e. The molecular formula is C12H24N2O2. The highest BCUT2D eigenvalue weighted by Gasteiger charge is 2.16. The number of hydrogen-bond donors (Lipinski definition) is 2. The zero-order chi connectivity index (χ0) is 11.8. The molecule has 16 heavy (non-hydrogen) atoms. The highest BCUT2D eigenvalue weighted by atomic mass is 16.5. The Balaban J connectivity index is 2.13. The number of nitrogens with one attached hydrogen (secondary N) is 2. The Morgan fingerprint density at radius 3 is 2.69 bits per heavy atom. The fourth-order valence-electron chi connectivity index (χ4n) is 2.03. The Bertz CT molecular complexity index is 203. The summed E-state index contributed by atoms with van der Waals surface area (Å²) < 4.78 is 5.24. The van der Waals surface area contributed by atoms with Gasteiger partial charge in [0.05, 0.1) is 12.6 Å². The van der Waals surface area contributed by atoms with E-state index in [2.05, 4.69) is 10.6 Å². The molecule has 4 heteroatoms. The van der Waals surface area contributed by atoms with Crippen molar-refractivity contribution in [2.24, 2.45) is 0 Å². The lowest BCUT2D eigenvalue weighted by Gasteiger charge is -2.24. The molecular weight excluding hydrogens is 204 g/mol. The van der Waals surface area contributed by atoms with Crippen LogP contribution < -0.4 is 10.6 Å². The molecule has 0 aromatic heterocycles. The van der Waals surface area contributed by atoms with Gasteiger partial charge in [0.2, 0.25) is 0 Å². The molecule has 0 bridgehead atoms. The van der Waals surface area contributed by atoms with E-state index in [4.69, 9.17) is 4.74 Å². The second-order valence-corrected chi connectivity index (χ2v) is 4.51. The third-order valence-electron chi connectivity index (χ3n) is 2.89. The first-order valence-corrected chi connectivity index (χ1v) is 6.37. The number of ether oxygens (including phenoxy) is 1. The van der Waals surface area contributed by atoms with E-state index < -0.39 is 0 Å². The molecule has 2 N–H and O–H groups in total. The van der Waals surface area contributed by atoms with Crippen molar-refractivity contribution >= 4 is 6.03 Å². The maximum absolute atomic E-state index is 11.6. The van der Waals surface area contributed by atoms with Crippen LogP contribution >= 0.6 is 0 Å². The van der Waals surface area contributed by atoms with E-state index >= 15 is 0 Å². The van der Waals surface area contributed by atoms with Crippen molar-refractivity contribution in [1.29, 1.82) is 0 Å². The van der Waals surface area contributed by atoms with Crippen LogP contribution in [0.1, 0.15) is 46.0 Å². The van der Waals surface area contributed by atoms with Gasteiger partial charge in [0.15, 0.2) is 0 Å². The van der Waals surface area contributed by atoms with Gasteiger partial charge in [-0.1, -0.05) is 19.3 Å². The first kappa shape index (κ1) is 13.3. The normalized spacial score (nSPS) is 19.1. The number of urea groups is 1. The molecule has 2 amide bonds. The van der Waals surface area contributed by atoms with Crippen molar-refractivity contribution in [3.05, 3.63) is 0 Å². The second kappa shape index (κ2) is 7.49. The molecule has 0 aromatic rings. The number of rotatable bonds is 5. The van der Waals surface area contributed by atoms with Crippen molar-refractivity contribution in [2.75, 3.05) is 13.2 Å². The standard InChI is InChI=1S/C12H24N2O2/c1-3-16-9-10(2)13-12(15)14-11-7-5-4-6-8-11/h10-11H,3-9H2,1-2H3,(H2,13,14,15). The van der Waals surface area contributed by atoms with Gasteiger partial charge in [-0.15, -0.1) is 0 Å². The summed E-state index contributed by atoms with van der Waals surface area (Å²) in [6, 6.07) is 0.385. The molecule has 0 aromatic carbocycles. The monoisotopic (exact) mass is 228 g/mol. The number of carbonyl (C=O) groups excluding carboxylic acids is 1. The van der Waals surface area contributed by atoms with Crippen molar-refractivity contribution < 1.29 is 9.53 Å². The van der Waals surface area contributed by atoms with E-state index in [0.717, 1.165) is 12.8 Å². The summed E-state index contributed by atoms with van der Waals surface area (Å²) in [6.07, 6.45) is 6.01. The molecule has 1 aliphatic rings. The van der Waals surface area contributed by atoms with Crippen LogP contribution in [-0.2, 0) is 4.74 Å². The second-order valence-electron chi connectivity index (χ2n) is 4.51. The quantitative estimate of drug-likeness (QED) is 0.756. The van der Waals surface area contributed by atoms with Crippen molar-refractivity contribution in [1.82, 2.24) is 10.6 Å². The minimum atomic E-state index is -0.0564. The van der Waals surface area contributed by atoms with Crippen LogP contribution in [0.15, 0.2) is 0 Å². The molecule has 0 aliphatic heterocycles. The fraction of sp³-hybridized carbons (Fsp3) is 0.917. The third kappa shape index (κ3) is 5.35. The molecule has 1 aliphatic carbocycles. The van der Waals surface area contributed by atoms with Crippen molar-refractivity contribution in [3.63, 3.8) is 0 Å². The molecule has 1 atom stereocenters. The van der Waals surface area contributed by atoms with Crippen LogP contribution in [0.4, 0.5) is 4.79 Å². The number of carbonyl (C=O) groups is 1. The summed E-state index contributed by atoms with van der Waals surface area (Å²) in [6.45, 7) is 5.18. The van der Waals surface area contributed by atoms with Gasteiger partial charge in [0, 0.05) is 12.6 Å². The molecule has 1 saturated carbocycles. The minimum Gasteiger partial charge on any atom is -0.380 e. The molecule has 94 valence electrons. The van der Waals surface area contributed by atoms with Gasteiger partial charge in [-0.05, 0) is 26.7 Å². The predicted molar refractivity (Wildman–Crippen MR) is 64.5 cm³/mol. The van der Waals surface area contributed by atoms with E-state index in [1.165, 1.54) is 19.3 Å². The highest BCUT2D eigenvalue weighted by molar-refractivity contribution is 5.74.